The minimum Gasteiger partial charge on any atom is -0.497 e. The molecule has 4 rings (SSSR count). The summed E-state index contributed by atoms with van der Waals surface area (Å²) in [6, 6.07) is 23.7. The van der Waals surface area contributed by atoms with Gasteiger partial charge in [-0.3, -0.25) is 4.79 Å². The summed E-state index contributed by atoms with van der Waals surface area (Å²) in [6.07, 6.45) is 0. The summed E-state index contributed by atoms with van der Waals surface area (Å²) in [5, 5.41) is 1.08. The average molecular weight is 357 g/mol. The summed E-state index contributed by atoms with van der Waals surface area (Å²) in [7, 11) is 1.66. The van der Waals surface area contributed by atoms with Crippen LogP contribution < -0.4 is 10.5 Å². The van der Waals surface area contributed by atoms with Crippen molar-refractivity contribution in [3.05, 3.63) is 84.2 Å². The second-order valence-electron chi connectivity index (χ2n) is 6.28. The Morgan fingerprint density at radius 3 is 2.59 bits per heavy atom. The van der Waals surface area contributed by atoms with Crippen molar-refractivity contribution in [3.63, 3.8) is 0 Å². The van der Waals surface area contributed by atoms with Gasteiger partial charge in [0.2, 0.25) is 0 Å². The first-order valence-corrected chi connectivity index (χ1v) is 8.64. The fraction of sp³-hybridized carbons (Fsp3) is 0.0909. The summed E-state index contributed by atoms with van der Waals surface area (Å²) in [4.78, 5) is 15.9. The average Bonchev–Trinajstić information content (AvgIpc) is 3.06. The number of amides is 1. The lowest BCUT2D eigenvalue weighted by molar-refractivity contribution is 0.0995. The number of aromatic nitrogens is 2. The standard InChI is InChI=1S/C22H19N3O2/c1-27-18-10-11-20-16(12-18)13-21(15-6-3-2-4-7-15)25(20)14-17-8-5-9-19(24-17)22(23)26/h2-13H,14H2,1H3,(H2,23,26). The third kappa shape index (κ3) is 3.27. The Labute approximate surface area is 157 Å². The molecular formula is C22H19N3O2. The number of primary amides is 1. The number of benzene rings is 2. The van der Waals surface area contributed by atoms with Gasteiger partial charge in [0.15, 0.2) is 0 Å². The van der Waals surface area contributed by atoms with E-state index in [4.69, 9.17) is 10.5 Å². The maximum absolute atomic E-state index is 11.5. The Balaban J connectivity index is 1.87. The number of ether oxygens (including phenoxy) is 1. The highest BCUT2D eigenvalue weighted by Crippen LogP contribution is 2.31. The lowest BCUT2D eigenvalue weighted by atomic mass is 10.1. The van der Waals surface area contributed by atoms with Crippen molar-refractivity contribution in [2.45, 2.75) is 6.54 Å². The molecule has 0 aliphatic carbocycles. The molecule has 27 heavy (non-hydrogen) atoms. The van der Waals surface area contributed by atoms with Crippen molar-refractivity contribution in [2.75, 3.05) is 7.11 Å². The molecule has 2 heterocycles. The Bertz CT molecular complexity index is 1120. The van der Waals surface area contributed by atoms with E-state index in [0.29, 0.717) is 6.54 Å². The molecule has 0 aliphatic heterocycles. The molecule has 5 nitrogen and oxygen atoms in total. The van der Waals surface area contributed by atoms with E-state index in [1.165, 1.54) is 0 Å². The van der Waals surface area contributed by atoms with Crippen LogP contribution in [0.2, 0.25) is 0 Å². The molecule has 0 saturated carbocycles. The van der Waals surface area contributed by atoms with Crippen LogP contribution in [0.5, 0.6) is 5.75 Å². The fourth-order valence-corrected chi connectivity index (χ4v) is 3.26. The van der Waals surface area contributed by atoms with Gasteiger partial charge in [0.25, 0.3) is 5.91 Å². The lowest BCUT2D eigenvalue weighted by Crippen LogP contribution is -2.14. The normalized spacial score (nSPS) is 10.9. The van der Waals surface area contributed by atoms with Gasteiger partial charge in [-0.05, 0) is 42.0 Å². The molecule has 0 atom stereocenters. The van der Waals surface area contributed by atoms with Crippen molar-refractivity contribution in [3.8, 4) is 17.0 Å². The molecule has 0 fully saturated rings. The van der Waals surface area contributed by atoms with Crippen LogP contribution >= 0.6 is 0 Å². The summed E-state index contributed by atoms with van der Waals surface area (Å²) < 4.78 is 7.56. The van der Waals surface area contributed by atoms with E-state index in [2.05, 4.69) is 27.8 Å². The van der Waals surface area contributed by atoms with Crippen LogP contribution in [-0.4, -0.2) is 22.6 Å². The predicted octanol–water partition coefficient (Wildman–Crippen LogP) is 3.86. The van der Waals surface area contributed by atoms with Gasteiger partial charge < -0.3 is 15.0 Å². The van der Waals surface area contributed by atoms with Crippen LogP contribution in [0.1, 0.15) is 16.2 Å². The summed E-state index contributed by atoms with van der Waals surface area (Å²) in [5.74, 6) is 0.287. The van der Waals surface area contributed by atoms with E-state index in [9.17, 15) is 4.79 Å². The molecule has 134 valence electrons. The highest BCUT2D eigenvalue weighted by atomic mass is 16.5. The third-order valence-corrected chi connectivity index (χ3v) is 4.56. The Kier molecular flexibility index (Phi) is 4.34. The van der Waals surface area contributed by atoms with Gasteiger partial charge in [0.05, 0.1) is 19.3 Å². The van der Waals surface area contributed by atoms with Crippen LogP contribution in [0, 0.1) is 0 Å². The maximum atomic E-state index is 11.5. The van der Waals surface area contributed by atoms with Gasteiger partial charge in [-0.15, -0.1) is 0 Å². The fourth-order valence-electron chi connectivity index (χ4n) is 3.26. The molecule has 5 heteroatoms. The second-order valence-corrected chi connectivity index (χ2v) is 6.28. The number of carbonyl (C=O) groups is 1. The van der Waals surface area contributed by atoms with Crippen molar-refractivity contribution in [2.24, 2.45) is 5.73 Å². The number of fused-ring (bicyclic) bond motifs is 1. The highest BCUT2D eigenvalue weighted by Gasteiger charge is 2.13. The molecule has 1 amide bonds. The van der Waals surface area contributed by atoms with Crippen molar-refractivity contribution in [1.29, 1.82) is 0 Å². The van der Waals surface area contributed by atoms with Crippen LogP contribution in [0.15, 0.2) is 72.8 Å². The van der Waals surface area contributed by atoms with Crippen LogP contribution in [0.3, 0.4) is 0 Å². The molecule has 0 spiro atoms. The number of pyridine rings is 1. The van der Waals surface area contributed by atoms with Crippen molar-refractivity contribution in [1.82, 2.24) is 9.55 Å². The van der Waals surface area contributed by atoms with E-state index in [1.807, 2.05) is 42.5 Å². The van der Waals surface area contributed by atoms with Gasteiger partial charge >= 0.3 is 0 Å². The van der Waals surface area contributed by atoms with Gasteiger partial charge in [-0.25, -0.2) is 4.98 Å². The van der Waals surface area contributed by atoms with Crippen molar-refractivity contribution >= 4 is 16.8 Å². The van der Waals surface area contributed by atoms with Crippen molar-refractivity contribution < 1.29 is 9.53 Å². The van der Waals surface area contributed by atoms with Gasteiger partial charge in [0, 0.05) is 16.6 Å². The maximum Gasteiger partial charge on any atom is 0.267 e. The molecule has 0 bridgehead atoms. The topological polar surface area (TPSA) is 70.1 Å². The first-order chi connectivity index (χ1) is 13.2. The van der Waals surface area contributed by atoms with E-state index in [0.717, 1.165) is 33.6 Å². The minimum absolute atomic E-state index is 0.270. The Hall–Kier alpha value is -3.60. The van der Waals surface area contributed by atoms with Crippen LogP contribution in [-0.2, 0) is 6.54 Å². The number of methoxy groups -OCH3 is 1. The number of carbonyl (C=O) groups excluding carboxylic acids is 1. The number of hydrogen-bond acceptors (Lipinski definition) is 3. The highest BCUT2D eigenvalue weighted by molar-refractivity contribution is 5.91. The summed E-state index contributed by atoms with van der Waals surface area (Å²) in [5.41, 5.74) is 9.68. The molecule has 2 N–H and O–H groups in total. The molecule has 2 aromatic heterocycles. The molecule has 0 unspecified atom stereocenters. The Morgan fingerprint density at radius 2 is 1.85 bits per heavy atom. The zero-order valence-corrected chi connectivity index (χ0v) is 14.9. The van der Waals surface area contributed by atoms with Gasteiger partial charge in [-0.1, -0.05) is 36.4 Å². The number of rotatable bonds is 5. The van der Waals surface area contributed by atoms with Crippen LogP contribution in [0.4, 0.5) is 0 Å². The SMILES string of the molecule is COc1ccc2c(c1)cc(-c1ccccc1)n2Cc1cccc(C(N)=O)n1. The summed E-state index contributed by atoms with van der Waals surface area (Å²) >= 11 is 0. The number of hydrogen-bond donors (Lipinski definition) is 1. The zero-order valence-electron chi connectivity index (χ0n) is 14.9. The van der Waals surface area contributed by atoms with Crippen LogP contribution in [0.25, 0.3) is 22.2 Å². The van der Waals surface area contributed by atoms with E-state index >= 15 is 0 Å². The molecule has 0 radical (unpaired) electrons. The molecule has 2 aromatic carbocycles. The Morgan fingerprint density at radius 1 is 1.04 bits per heavy atom. The minimum atomic E-state index is -0.526. The second kappa shape index (κ2) is 6.96. The largest absolute Gasteiger partial charge is 0.497 e. The predicted molar refractivity (Wildman–Crippen MR) is 106 cm³/mol. The molecular weight excluding hydrogens is 338 g/mol. The molecule has 4 aromatic rings. The van der Waals surface area contributed by atoms with Gasteiger partial charge in [-0.2, -0.15) is 0 Å². The zero-order chi connectivity index (χ0) is 18.8. The third-order valence-electron chi connectivity index (χ3n) is 4.56. The van der Waals surface area contributed by atoms with E-state index < -0.39 is 5.91 Å². The first-order valence-electron chi connectivity index (χ1n) is 8.64. The first kappa shape index (κ1) is 16.8. The quantitative estimate of drug-likeness (QED) is 0.590. The monoisotopic (exact) mass is 357 g/mol. The van der Waals surface area contributed by atoms with Gasteiger partial charge in [0.1, 0.15) is 11.4 Å². The lowest BCUT2D eigenvalue weighted by Gasteiger charge is -2.11. The van der Waals surface area contributed by atoms with E-state index in [1.54, 1.807) is 19.2 Å². The number of nitrogens with two attached hydrogens (primary N) is 1. The molecule has 0 aliphatic rings. The molecule has 0 saturated heterocycles. The van der Waals surface area contributed by atoms with E-state index in [-0.39, 0.29) is 5.69 Å². The smallest absolute Gasteiger partial charge is 0.267 e. The summed E-state index contributed by atoms with van der Waals surface area (Å²) in [6.45, 7) is 0.529. The number of nitrogens with zero attached hydrogens (tertiary/aromatic N) is 2.